The van der Waals surface area contributed by atoms with Crippen molar-refractivity contribution in [1.82, 2.24) is 0 Å². The highest BCUT2D eigenvalue weighted by atomic mass is 16.7. The molecule has 1 saturated heterocycles. The minimum atomic E-state index is -1.81. The Hall–Kier alpha value is -2.40. The molecular weight excluding hydrogens is 422 g/mol. The van der Waals surface area contributed by atoms with Crippen LogP contribution in [0.1, 0.15) is 47.1 Å². The Bertz CT molecular complexity index is 828. The number of esters is 1. The number of carbonyl (C=O) groups excluding carboxylic acids is 1. The summed E-state index contributed by atoms with van der Waals surface area (Å²) in [5, 5.41) is 42.5. The minimum Gasteiger partial charge on any atom is -0.479 e. The van der Waals surface area contributed by atoms with Gasteiger partial charge in [-0.3, -0.25) is 4.79 Å². The number of aliphatic carboxylic acids is 1. The van der Waals surface area contributed by atoms with Gasteiger partial charge in [-0.15, -0.1) is 0 Å². The van der Waals surface area contributed by atoms with Crippen LogP contribution in [0, 0.1) is 5.41 Å². The maximum atomic E-state index is 12.1. The maximum Gasteiger partial charge on any atom is 0.335 e. The lowest BCUT2D eigenvalue weighted by atomic mass is 9.97. The van der Waals surface area contributed by atoms with Crippen molar-refractivity contribution < 1.29 is 44.2 Å². The van der Waals surface area contributed by atoms with Crippen molar-refractivity contribution >= 4 is 17.6 Å². The van der Waals surface area contributed by atoms with Gasteiger partial charge >= 0.3 is 11.9 Å². The van der Waals surface area contributed by atoms with E-state index in [0.29, 0.717) is 11.3 Å². The van der Waals surface area contributed by atoms with Crippen LogP contribution in [0.4, 0.5) is 5.69 Å². The molecule has 0 unspecified atom stereocenters. The predicted octanol–water partition coefficient (Wildman–Crippen LogP) is 1.26. The van der Waals surface area contributed by atoms with E-state index in [1.165, 1.54) is 0 Å². The van der Waals surface area contributed by atoms with Crippen molar-refractivity contribution in [3.8, 4) is 5.75 Å². The molecule has 10 nitrogen and oxygen atoms in total. The molecule has 0 radical (unpaired) electrons. The van der Waals surface area contributed by atoms with Gasteiger partial charge in [0, 0.05) is 5.54 Å². The molecule has 0 spiro atoms. The lowest BCUT2D eigenvalue weighted by molar-refractivity contribution is -0.271. The first-order valence-electron chi connectivity index (χ1n) is 10.3. The van der Waals surface area contributed by atoms with Gasteiger partial charge < -0.3 is 40.0 Å². The van der Waals surface area contributed by atoms with Gasteiger partial charge in [-0.05, 0) is 59.2 Å². The summed E-state index contributed by atoms with van der Waals surface area (Å²) in [5.74, 6) is -1.64. The first-order chi connectivity index (χ1) is 14.6. The molecule has 180 valence electrons. The number of benzene rings is 1. The van der Waals surface area contributed by atoms with Crippen LogP contribution < -0.4 is 10.1 Å². The lowest BCUT2D eigenvalue weighted by Crippen LogP contribution is -2.61. The highest BCUT2D eigenvalue weighted by Crippen LogP contribution is 2.32. The Kier molecular flexibility index (Phi) is 7.77. The molecule has 1 aromatic rings. The normalized spacial score (nSPS) is 26.3. The van der Waals surface area contributed by atoms with Crippen LogP contribution in [-0.4, -0.2) is 68.6 Å². The van der Waals surface area contributed by atoms with Crippen LogP contribution in [0.3, 0.4) is 0 Å². The smallest absolute Gasteiger partial charge is 0.335 e. The van der Waals surface area contributed by atoms with E-state index < -0.39 is 47.6 Å². The van der Waals surface area contributed by atoms with Gasteiger partial charge in [0.2, 0.25) is 6.29 Å². The lowest BCUT2D eigenvalue weighted by Gasteiger charge is -2.38. The van der Waals surface area contributed by atoms with Gasteiger partial charge in [0.05, 0.1) is 11.1 Å². The van der Waals surface area contributed by atoms with Gasteiger partial charge in [0.25, 0.3) is 0 Å². The van der Waals surface area contributed by atoms with Crippen LogP contribution in [0.15, 0.2) is 18.2 Å². The number of aliphatic hydroxyl groups excluding tert-OH is 3. The van der Waals surface area contributed by atoms with E-state index in [9.17, 15) is 30.0 Å². The Morgan fingerprint density at radius 1 is 1.03 bits per heavy atom. The van der Waals surface area contributed by atoms with Crippen molar-refractivity contribution in [1.29, 1.82) is 0 Å². The number of hydrogen-bond acceptors (Lipinski definition) is 9. The number of nitrogens with one attached hydrogen (secondary N) is 1. The third-order valence-electron chi connectivity index (χ3n) is 4.59. The summed E-state index contributed by atoms with van der Waals surface area (Å²) in [6, 6.07) is 4.90. The zero-order valence-electron chi connectivity index (χ0n) is 19.2. The van der Waals surface area contributed by atoms with Crippen molar-refractivity contribution in [3.63, 3.8) is 0 Å². The van der Waals surface area contributed by atoms with E-state index in [0.717, 1.165) is 0 Å². The fourth-order valence-electron chi connectivity index (χ4n) is 2.91. The summed E-state index contributed by atoms with van der Waals surface area (Å²) >= 11 is 0. The Morgan fingerprint density at radius 3 is 2.19 bits per heavy atom. The number of carbonyl (C=O) groups is 2. The van der Waals surface area contributed by atoms with Crippen molar-refractivity contribution in [2.24, 2.45) is 5.41 Å². The molecule has 1 aromatic carbocycles. The quantitative estimate of drug-likeness (QED) is 0.396. The van der Waals surface area contributed by atoms with Crippen LogP contribution in [0.5, 0.6) is 5.75 Å². The Morgan fingerprint density at radius 2 is 1.66 bits per heavy atom. The maximum absolute atomic E-state index is 12.1. The number of aliphatic hydroxyl groups is 3. The van der Waals surface area contributed by atoms with Crippen LogP contribution in [0.25, 0.3) is 0 Å². The summed E-state index contributed by atoms with van der Waals surface area (Å²) in [7, 11) is 0. The monoisotopic (exact) mass is 455 g/mol. The van der Waals surface area contributed by atoms with E-state index in [1.807, 2.05) is 20.8 Å². The number of carboxylic acids is 1. The topological polar surface area (TPSA) is 155 Å². The first kappa shape index (κ1) is 25.9. The Labute approximate surface area is 187 Å². The van der Waals surface area contributed by atoms with Gasteiger partial charge in [0.15, 0.2) is 6.10 Å². The minimum absolute atomic E-state index is 0.0315. The molecule has 0 bridgehead atoms. The summed E-state index contributed by atoms with van der Waals surface area (Å²) in [4.78, 5) is 23.4. The highest BCUT2D eigenvalue weighted by molar-refractivity contribution is 5.75. The van der Waals surface area contributed by atoms with Crippen LogP contribution >= 0.6 is 0 Å². The number of carboxylic acid groups (broad SMARTS) is 1. The van der Waals surface area contributed by atoms with Crippen molar-refractivity contribution in [2.45, 2.75) is 84.4 Å². The molecule has 10 heteroatoms. The van der Waals surface area contributed by atoms with E-state index in [2.05, 4.69) is 5.32 Å². The number of ether oxygens (including phenoxy) is 3. The average Bonchev–Trinajstić information content (AvgIpc) is 2.65. The summed E-state index contributed by atoms with van der Waals surface area (Å²) < 4.78 is 16.3. The molecule has 1 aliphatic rings. The molecule has 1 heterocycles. The number of rotatable bonds is 6. The van der Waals surface area contributed by atoms with Crippen LogP contribution in [-0.2, 0) is 25.7 Å². The molecule has 5 N–H and O–H groups in total. The number of anilines is 1. The molecule has 0 saturated carbocycles. The fraction of sp³-hybridized carbons (Fsp3) is 0.636. The SMILES string of the molecule is CC(C)(C)Nc1cc(COC(=O)C(C)(C)C)ccc1O[C@@H]1O[C@H](C(=O)O)[C@@H](O)[C@H](O)[C@H]1O. The highest BCUT2D eigenvalue weighted by Gasteiger charge is 2.48. The summed E-state index contributed by atoms with van der Waals surface area (Å²) in [6.07, 6.45) is -8.58. The van der Waals surface area contributed by atoms with Gasteiger partial charge in [-0.1, -0.05) is 6.07 Å². The van der Waals surface area contributed by atoms with E-state index in [1.54, 1.807) is 39.0 Å². The molecule has 0 aliphatic carbocycles. The molecule has 0 amide bonds. The number of hydrogen-bond donors (Lipinski definition) is 5. The second-order valence-electron chi connectivity index (χ2n) is 9.88. The molecular formula is C22H33NO9. The molecule has 0 aromatic heterocycles. The molecule has 32 heavy (non-hydrogen) atoms. The average molecular weight is 456 g/mol. The molecule has 2 rings (SSSR count). The molecule has 1 fully saturated rings. The zero-order valence-corrected chi connectivity index (χ0v) is 19.2. The van der Waals surface area contributed by atoms with Crippen molar-refractivity contribution in [3.05, 3.63) is 23.8 Å². The zero-order chi connectivity index (χ0) is 24.4. The second-order valence-corrected chi connectivity index (χ2v) is 9.88. The van der Waals surface area contributed by atoms with E-state index in [-0.39, 0.29) is 18.3 Å². The van der Waals surface area contributed by atoms with Crippen LogP contribution in [0.2, 0.25) is 0 Å². The van der Waals surface area contributed by atoms with E-state index >= 15 is 0 Å². The fourth-order valence-corrected chi connectivity index (χ4v) is 2.91. The van der Waals surface area contributed by atoms with Gasteiger partial charge in [-0.25, -0.2) is 4.79 Å². The Balaban J connectivity index is 2.27. The largest absolute Gasteiger partial charge is 0.479 e. The molecule has 1 aliphatic heterocycles. The third kappa shape index (κ3) is 6.55. The first-order valence-corrected chi connectivity index (χ1v) is 10.3. The third-order valence-corrected chi connectivity index (χ3v) is 4.59. The second kappa shape index (κ2) is 9.62. The van der Waals surface area contributed by atoms with Gasteiger partial charge in [-0.2, -0.15) is 0 Å². The standard InChI is InChI=1S/C22H33NO9/c1-21(2,3)20(29)30-10-11-7-8-13(12(9-11)23-22(4,5)6)31-19-16(26)14(24)15(25)17(32-19)18(27)28/h7-9,14-17,19,23-26H,10H2,1-6H3,(H,27,28)/t14-,15-,16+,17-,19+/m0/s1. The van der Waals surface area contributed by atoms with E-state index in [4.69, 9.17) is 14.2 Å². The summed E-state index contributed by atoms with van der Waals surface area (Å²) in [6.45, 7) is 11.0. The summed E-state index contributed by atoms with van der Waals surface area (Å²) in [5.41, 5.74) is 0.107. The molecule has 5 atom stereocenters. The van der Waals surface area contributed by atoms with Gasteiger partial charge in [0.1, 0.15) is 30.7 Å². The van der Waals surface area contributed by atoms with Crippen molar-refractivity contribution in [2.75, 3.05) is 5.32 Å². The predicted molar refractivity (Wildman–Crippen MR) is 114 cm³/mol.